The number of esters is 1. The molecule has 0 heterocycles. The van der Waals surface area contributed by atoms with Gasteiger partial charge in [-0.15, -0.1) is 0 Å². The third-order valence-corrected chi connectivity index (χ3v) is 4.42. The third-order valence-electron chi connectivity index (χ3n) is 3.87. The summed E-state index contributed by atoms with van der Waals surface area (Å²) < 4.78 is 5.32. The number of halogens is 2. The molecule has 0 aliphatic rings. The Morgan fingerprint density at radius 1 is 0.857 bits per heavy atom. The van der Waals surface area contributed by atoms with Crippen LogP contribution >= 0.6 is 23.2 Å². The molecule has 3 aromatic carbocycles. The molecule has 0 atom stereocenters. The van der Waals surface area contributed by atoms with Gasteiger partial charge in [0.05, 0.1) is 10.6 Å². The largest absolute Gasteiger partial charge is 0.423 e. The summed E-state index contributed by atoms with van der Waals surface area (Å²) in [5, 5.41) is 4.22. The zero-order valence-electron chi connectivity index (χ0n) is 14.4. The van der Waals surface area contributed by atoms with Gasteiger partial charge in [-0.25, -0.2) is 4.79 Å². The van der Waals surface area contributed by atoms with Crippen LogP contribution in [0.15, 0.2) is 77.9 Å². The number of Topliss-reactive ketones (excluding diaryl/α,β-unsaturated/α-hetero) is 1. The smallest absolute Gasteiger partial charge is 0.343 e. The lowest BCUT2D eigenvalue weighted by Gasteiger charge is -2.08. The number of rotatable bonds is 5. The summed E-state index contributed by atoms with van der Waals surface area (Å²) >= 11 is 12.0. The first-order valence-corrected chi connectivity index (χ1v) is 8.90. The van der Waals surface area contributed by atoms with Gasteiger partial charge in [0.2, 0.25) is 5.78 Å². The number of nitrogens with zero attached hydrogens (tertiary/aromatic N) is 1. The number of ketones is 1. The summed E-state index contributed by atoms with van der Waals surface area (Å²) in [6.45, 7) is 0. The molecule has 2 N–H and O–H groups in total. The van der Waals surface area contributed by atoms with Crippen LogP contribution in [0, 0.1) is 0 Å². The highest BCUT2D eigenvalue weighted by atomic mass is 35.5. The van der Waals surface area contributed by atoms with E-state index in [0.29, 0.717) is 21.9 Å². The number of nitrogens with two attached hydrogens (primary N) is 1. The average molecular weight is 413 g/mol. The molecule has 0 aliphatic carbocycles. The second kappa shape index (κ2) is 8.69. The number of hydrogen-bond acceptors (Lipinski definition) is 5. The van der Waals surface area contributed by atoms with Gasteiger partial charge in [0.15, 0.2) is 0 Å². The number of hydrazone groups is 1. The highest BCUT2D eigenvalue weighted by Gasteiger charge is 2.19. The Bertz CT molecular complexity index is 1050. The molecule has 0 saturated carbocycles. The second-order valence-electron chi connectivity index (χ2n) is 5.71. The van der Waals surface area contributed by atoms with Gasteiger partial charge in [0.1, 0.15) is 11.5 Å². The summed E-state index contributed by atoms with van der Waals surface area (Å²) in [6, 6.07) is 19.4. The van der Waals surface area contributed by atoms with E-state index in [1.165, 1.54) is 12.1 Å². The van der Waals surface area contributed by atoms with Crippen molar-refractivity contribution < 1.29 is 14.3 Å². The van der Waals surface area contributed by atoms with Crippen LogP contribution < -0.4 is 10.6 Å². The molecule has 0 amide bonds. The molecule has 3 aromatic rings. The Kier molecular flexibility index (Phi) is 6.09. The summed E-state index contributed by atoms with van der Waals surface area (Å²) in [4.78, 5) is 24.8. The van der Waals surface area contributed by atoms with Crippen molar-refractivity contribution in [3.05, 3.63) is 99.5 Å². The predicted molar refractivity (Wildman–Crippen MR) is 109 cm³/mol. The fourth-order valence-electron chi connectivity index (χ4n) is 2.49. The van der Waals surface area contributed by atoms with Crippen LogP contribution in [0.4, 0.5) is 0 Å². The Labute approximate surface area is 171 Å². The van der Waals surface area contributed by atoms with Crippen molar-refractivity contribution in [3.63, 3.8) is 0 Å². The lowest BCUT2D eigenvalue weighted by Crippen LogP contribution is -2.18. The van der Waals surface area contributed by atoms with E-state index < -0.39 is 11.8 Å². The second-order valence-corrected chi connectivity index (χ2v) is 6.55. The molecule has 0 aromatic heterocycles. The molecule has 0 spiro atoms. The maximum absolute atomic E-state index is 12.7. The van der Waals surface area contributed by atoms with Crippen LogP contribution in [-0.4, -0.2) is 17.5 Å². The third kappa shape index (κ3) is 4.39. The normalized spacial score (nSPS) is 11.1. The standard InChI is InChI=1S/C21H14Cl2N2O3/c22-15-8-11-17(18(23)12-15)20(26)19(25-24)13-6-9-16(10-7-13)28-21(27)14-4-2-1-3-5-14/h1-12H,24H2/b25-19+. The van der Waals surface area contributed by atoms with Gasteiger partial charge in [0.25, 0.3) is 0 Å². The molecular weight excluding hydrogens is 399 g/mol. The van der Waals surface area contributed by atoms with Crippen molar-refractivity contribution >= 4 is 40.7 Å². The van der Waals surface area contributed by atoms with Gasteiger partial charge in [-0.05, 0) is 54.6 Å². The van der Waals surface area contributed by atoms with E-state index in [0.717, 1.165) is 0 Å². The van der Waals surface area contributed by atoms with E-state index in [-0.39, 0.29) is 16.3 Å². The van der Waals surface area contributed by atoms with Crippen LogP contribution in [0.5, 0.6) is 5.75 Å². The van der Waals surface area contributed by atoms with Crippen LogP contribution in [0.3, 0.4) is 0 Å². The summed E-state index contributed by atoms with van der Waals surface area (Å²) in [5.41, 5.74) is 1.14. The van der Waals surface area contributed by atoms with Gasteiger partial charge in [-0.2, -0.15) is 5.10 Å². The van der Waals surface area contributed by atoms with Crippen LogP contribution in [0.2, 0.25) is 10.0 Å². The Morgan fingerprint density at radius 2 is 1.54 bits per heavy atom. The van der Waals surface area contributed by atoms with E-state index in [1.54, 1.807) is 54.6 Å². The Morgan fingerprint density at radius 3 is 2.14 bits per heavy atom. The number of benzene rings is 3. The quantitative estimate of drug-likeness (QED) is 0.163. The average Bonchev–Trinajstić information content (AvgIpc) is 2.70. The van der Waals surface area contributed by atoms with Crippen molar-refractivity contribution in [1.82, 2.24) is 0 Å². The fourth-order valence-corrected chi connectivity index (χ4v) is 2.98. The van der Waals surface area contributed by atoms with E-state index >= 15 is 0 Å². The highest BCUT2D eigenvalue weighted by molar-refractivity contribution is 6.53. The van der Waals surface area contributed by atoms with Gasteiger partial charge in [-0.1, -0.05) is 41.4 Å². The number of carbonyl (C=O) groups is 2. The van der Waals surface area contributed by atoms with Gasteiger partial charge in [-0.3, -0.25) is 4.79 Å². The lowest BCUT2D eigenvalue weighted by molar-refractivity contribution is 0.0734. The van der Waals surface area contributed by atoms with Crippen molar-refractivity contribution in [2.45, 2.75) is 0 Å². The Balaban J connectivity index is 1.79. The topological polar surface area (TPSA) is 81.8 Å². The first-order chi connectivity index (χ1) is 13.5. The maximum atomic E-state index is 12.7. The van der Waals surface area contributed by atoms with Gasteiger partial charge < -0.3 is 10.6 Å². The first-order valence-electron chi connectivity index (χ1n) is 8.15. The fraction of sp³-hybridized carbons (Fsp3) is 0. The summed E-state index contributed by atoms with van der Waals surface area (Å²) in [5.74, 6) is 4.83. The highest BCUT2D eigenvalue weighted by Crippen LogP contribution is 2.23. The molecule has 0 unspecified atom stereocenters. The molecule has 3 rings (SSSR count). The molecule has 28 heavy (non-hydrogen) atoms. The van der Waals surface area contributed by atoms with Gasteiger partial charge >= 0.3 is 5.97 Å². The lowest BCUT2D eigenvalue weighted by atomic mass is 10.0. The Hall–Kier alpha value is -3.15. The summed E-state index contributed by atoms with van der Waals surface area (Å²) in [7, 11) is 0. The minimum absolute atomic E-state index is 0.0187. The van der Waals surface area contributed by atoms with Crippen molar-refractivity contribution in [3.8, 4) is 5.75 Å². The number of carbonyl (C=O) groups excluding carboxylic acids is 2. The van der Waals surface area contributed by atoms with E-state index in [9.17, 15) is 9.59 Å². The van der Waals surface area contributed by atoms with Crippen molar-refractivity contribution in [2.24, 2.45) is 10.9 Å². The molecule has 0 saturated heterocycles. The van der Waals surface area contributed by atoms with E-state index in [4.69, 9.17) is 33.8 Å². The van der Waals surface area contributed by atoms with Gasteiger partial charge in [0, 0.05) is 16.1 Å². The molecule has 140 valence electrons. The number of hydrogen-bond donors (Lipinski definition) is 1. The monoisotopic (exact) mass is 412 g/mol. The van der Waals surface area contributed by atoms with E-state index in [2.05, 4.69) is 5.10 Å². The predicted octanol–water partition coefficient (Wildman–Crippen LogP) is 4.76. The minimum Gasteiger partial charge on any atom is -0.423 e. The maximum Gasteiger partial charge on any atom is 0.343 e. The minimum atomic E-state index is -0.481. The molecular formula is C21H14Cl2N2O3. The summed E-state index contributed by atoms with van der Waals surface area (Å²) in [6.07, 6.45) is 0. The zero-order chi connectivity index (χ0) is 20.1. The van der Waals surface area contributed by atoms with Crippen LogP contribution in [0.25, 0.3) is 0 Å². The van der Waals surface area contributed by atoms with Crippen LogP contribution in [-0.2, 0) is 0 Å². The molecule has 0 radical (unpaired) electrons. The molecule has 0 fully saturated rings. The van der Waals surface area contributed by atoms with Crippen molar-refractivity contribution in [1.29, 1.82) is 0 Å². The first kappa shape index (κ1) is 19.6. The molecule has 5 nitrogen and oxygen atoms in total. The van der Waals surface area contributed by atoms with Crippen molar-refractivity contribution in [2.75, 3.05) is 0 Å². The molecule has 0 aliphatic heterocycles. The molecule has 0 bridgehead atoms. The SMILES string of the molecule is N/N=C(/C(=O)c1ccc(Cl)cc1Cl)c1ccc(OC(=O)c2ccccc2)cc1. The molecule has 7 heteroatoms. The van der Waals surface area contributed by atoms with E-state index in [1.807, 2.05) is 6.07 Å². The zero-order valence-corrected chi connectivity index (χ0v) is 15.9. The van der Waals surface area contributed by atoms with Crippen LogP contribution in [0.1, 0.15) is 26.3 Å². The number of ether oxygens (including phenoxy) is 1.